The molecule has 1 aliphatic rings. The zero-order chi connectivity index (χ0) is 14.8. The number of amides is 1. The molecule has 112 valence electrons. The van der Waals surface area contributed by atoms with E-state index in [2.05, 4.69) is 5.32 Å². The molecule has 21 heavy (non-hydrogen) atoms. The summed E-state index contributed by atoms with van der Waals surface area (Å²) in [4.78, 5) is 12.9. The number of benzene rings is 1. The van der Waals surface area contributed by atoms with Crippen LogP contribution in [0.15, 0.2) is 18.2 Å². The lowest BCUT2D eigenvalue weighted by Crippen LogP contribution is -2.30. The highest BCUT2D eigenvalue weighted by Gasteiger charge is 2.19. The van der Waals surface area contributed by atoms with Crippen LogP contribution >= 0.6 is 34.7 Å². The van der Waals surface area contributed by atoms with Crippen molar-refractivity contribution in [2.45, 2.75) is 12.8 Å². The van der Waals surface area contributed by atoms with Crippen LogP contribution in [-0.4, -0.2) is 24.0 Å². The Kier molecular flexibility index (Phi) is 4.62. The van der Waals surface area contributed by atoms with Crippen molar-refractivity contribution in [2.24, 2.45) is 5.92 Å². The summed E-state index contributed by atoms with van der Waals surface area (Å²) < 4.78 is 0.996. The van der Waals surface area contributed by atoms with E-state index in [9.17, 15) is 4.79 Å². The second-order valence-corrected chi connectivity index (χ2v) is 7.96. The van der Waals surface area contributed by atoms with Gasteiger partial charge in [0.25, 0.3) is 5.91 Å². The average Bonchev–Trinajstić information content (AvgIpc) is 2.83. The van der Waals surface area contributed by atoms with Gasteiger partial charge in [-0.15, -0.1) is 11.3 Å². The van der Waals surface area contributed by atoms with Crippen molar-refractivity contribution in [3.8, 4) is 0 Å². The molecule has 6 heteroatoms. The second-order valence-electron chi connectivity index (χ2n) is 5.25. The van der Waals surface area contributed by atoms with E-state index in [-0.39, 0.29) is 5.91 Å². The standard InChI is InChI=1S/C15H17ClN2OS2/c16-10-1-2-12-11(7-10)13(17)14(21-12)15(19)18-8-9-3-5-20-6-4-9/h1-2,7,9H,3-6,8,17H2,(H,18,19). The number of hydrogen-bond donors (Lipinski definition) is 2. The Balaban J connectivity index is 1.73. The second kappa shape index (κ2) is 6.46. The lowest BCUT2D eigenvalue weighted by atomic mass is 10.0. The molecule has 0 aliphatic carbocycles. The predicted octanol–water partition coefficient (Wildman–Crippen LogP) is 4.01. The van der Waals surface area contributed by atoms with Crippen molar-refractivity contribution in [2.75, 3.05) is 23.8 Å². The Bertz CT molecular complexity index is 665. The van der Waals surface area contributed by atoms with Crippen LogP contribution in [0, 0.1) is 5.92 Å². The average molecular weight is 341 g/mol. The minimum absolute atomic E-state index is 0.0666. The number of carbonyl (C=O) groups excluding carboxylic acids is 1. The maximum atomic E-state index is 12.3. The van der Waals surface area contributed by atoms with Crippen LogP contribution < -0.4 is 11.1 Å². The molecule has 0 radical (unpaired) electrons. The van der Waals surface area contributed by atoms with Crippen molar-refractivity contribution in [1.29, 1.82) is 0 Å². The third kappa shape index (κ3) is 3.30. The first kappa shape index (κ1) is 15.0. The van der Waals surface area contributed by atoms with Gasteiger partial charge in [0.1, 0.15) is 4.88 Å². The molecule has 1 aromatic heterocycles. The van der Waals surface area contributed by atoms with E-state index in [1.54, 1.807) is 0 Å². The Hall–Kier alpha value is -0.910. The molecular weight excluding hydrogens is 324 g/mol. The number of nitrogens with one attached hydrogen (secondary N) is 1. The molecule has 0 unspecified atom stereocenters. The summed E-state index contributed by atoms with van der Waals surface area (Å²) in [5, 5.41) is 4.54. The highest BCUT2D eigenvalue weighted by atomic mass is 35.5. The van der Waals surface area contributed by atoms with Gasteiger partial charge in [-0.25, -0.2) is 0 Å². The molecule has 2 aromatic rings. The molecule has 3 nitrogen and oxygen atoms in total. The van der Waals surface area contributed by atoms with Gasteiger partial charge in [-0.3, -0.25) is 4.79 Å². The van der Waals surface area contributed by atoms with Crippen molar-refractivity contribution >= 4 is 56.4 Å². The fraction of sp³-hybridized carbons (Fsp3) is 0.400. The van der Waals surface area contributed by atoms with Crippen LogP contribution in [0.2, 0.25) is 5.02 Å². The first-order valence-corrected chi connectivity index (χ1v) is 9.33. The predicted molar refractivity (Wildman–Crippen MR) is 93.6 cm³/mol. The van der Waals surface area contributed by atoms with Gasteiger partial charge in [0.2, 0.25) is 0 Å². The fourth-order valence-corrected chi connectivity index (χ4v) is 4.92. The Labute approximate surface area is 137 Å². The van der Waals surface area contributed by atoms with Gasteiger partial charge < -0.3 is 11.1 Å². The molecule has 1 aromatic carbocycles. The summed E-state index contributed by atoms with van der Waals surface area (Å²) in [5.74, 6) is 2.93. The van der Waals surface area contributed by atoms with E-state index in [1.165, 1.54) is 35.7 Å². The molecule has 1 aliphatic heterocycles. The number of hydrogen-bond acceptors (Lipinski definition) is 4. The summed E-state index contributed by atoms with van der Waals surface area (Å²) in [5.41, 5.74) is 6.64. The number of thiophene rings is 1. The molecule has 0 saturated carbocycles. The number of anilines is 1. The maximum absolute atomic E-state index is 12.3. The number of fused-ring (bicyclic) bond motifs is 1. The lowest BCUT2D eigenvalue weighted by molar-refractivity contribution is 0.0951. The number of halogens is 1. The van der Waals surface area contributed by atoms with Crippen LogP contribution in [0.3, 0.4) is 0 Å². The number of thioether (sulfide) groups is 1. The molecule has 3 rings (SSSR count). The van der Waals surface area contributed by atoms with Gasteiger partial charge in [0.05, 0.1) is 5.69 Å². The maximum Gasteiger partial charge on any atom is 0.263 e. The molecule has 1 amide bonds. The SMILES string of the molecule is Nc1c(C(=O)NCC2CCSCC2)sc2ccc(Cl)cc12. The van der Waals surface area contributed by atoms with E-state index in [0.717, 1.165) is 16.6 Å². The first-order chi connectivity index (χ1) is 10.1. The summed E-state index contributed by atoms with van der Waals surface area (Å²) in [6.07, 6.45) is 2.37. The van der Waals surface area contributed by atoms with E-state index >= 15 is 0 Å². The Morgan fingerprint density at radius 3 is 2.90 bits per heavy atom. The monoisotopic (exact) mass is 340 g/mol. The van der Waals surface area contributed by atoms with Crippen LogP contribution in [-0.2, 0) is 0 Å². The van der Waals surface area contributed by atoms with Gasteiger partial charge in [-0.2, -0.15) is 11.8 Å². The Morgan fingerprint density at radius 1 is 1.38 bits per heavy atom. The quantitative estimate of drug-likeness (QED) is 0.887. The zero-order valence-corrected chi connectivity index (χ0v) is 13.9. The smallest absolute Gasteiger partial charge is 0.263 e. The summed E-state index contributed by atoms with van der Waals surface area (Å²) in [7, 11) is 0. The van der Waals surface area contributed by atoms with E-state index in [0.29, 0.717) is 21.5 Å². The van der Waals surface area contributed by atoms with Gasteiger partial charge >= 0.3 is 0 Å². The van der Waals surface area contributed by atoms with Gasteiger partial charge in [0, 0.05) is 21.7 Å². The van der Waals surface area contributed by atoms with Crippen molar-refractivity contribution < 1.29 is 4.79 Å². The molecular formula is C15H17ClN2OS2. The van der Waals surface area contributed by atoms with E-state index in [4.69, 9.17) is 17.3 Å². The molecule has 3 N–H and O–H groups in total. The third-order valence-corrected chi connectivity index (χ3v) is 6.26. The van der Waals surface area contributed by atoms with Crippen molar-refractivity contribution in [3.63, 3.8) is 0 Å². The summed E-state index contributed by atoms with van der Waals surface area (Å²) >= 11 is 9.41. The lowest BCUT2D eigenvalue weighted by Gasteiger charge is -2.21. The topological polar surface area (TPSA) is 55.1 Å². The van der Waals surface area contributed by atoms with E-state index in [1.807, 2.05) is 30.0 Å². The minimum Gasteiger partial charge on any atom is -0.397 e. The number of rotatable bonds is 3. The number of nitrogens with two attached hydrogens (primary N) is 1. The molecule has 0 atom stereocenters. The zero-order valence-electron chi connectivity index (χ0n) is 11.5. The summed E-state index contributed by atoms with van der Waals surface area (Å²) in [6.45, 7) is 0.744. The molecule has 2 heterocycles. The normalized spacial score (nSPS) is 16.2. The van der Waals surface area contributed by atoms with Gasteiger partial charge in [-0.05, 0) is 48.5 Å². The van der Waals surface area contributed by atoms with Crippen molar-refractivity contribution in [3.05, 3.63) is 28.1 Å². The fourth-order valence-electron chi connectivity index (χ4n) is 2.53. The number of nitrogen functional groups attached to an aromatic ring is 1. The minimum atomic E-state index is -0.0666. The molecule has 1 fully saturated rings. The Morgan fingerprint density at radius 2 is 2.14 bits per heavy atom. The van der Waals surface area contributed by atoms with Crippen LogP contribution in [0.5, 0.6) is 0 Å². The number of carbonyl (C=O) groups is 1. The summed E-state index contributed by atoms with van der Waals surface area (Å²) in [6, 6.07) is 5.55. The highest BCUT2D eigenvalue weighted by molar-refractivity contribution is 7.99. The van der Waals surface area contributed by atoms with Crippen LogP contribution in [0.4, 0.5) is 5.69 Å². The van der Waals surface area contributed by atoms with Crippen molar-refractivity contribution in [1.82, 2.24) is 5.32 Å². The third-order valence-electron chi connectivity index (χ3n) is 3.79. The highest BCUT2D eigenvalue weighted by Crippen LogP contribution is 2.35. The molecule has 1 saturated heterocycles. The molecule has 0 spiro atoms. The largest absolute Gasteiger partial charge is 0.397 e. The van der Waals surface area contributed by atoms with Gasteiger partial charge in [0.15, 0.2) is 0 Å². The van der Waals surface area contributed by atoms with E-state index < -0.39 is 0 Å². The van der Waals surface area contributed by atoms with Crippen LogP contribution in [0.1, 0.15) is 22.5 Å². The molecule has 0 bridgehead atoms. The first-order valence-electron chi connectivity index (χ1n) is 6.98. The van der Waals surface area contributed by atoms with Gasteiger partial charge in [-0.1, -0.05) is 11.6 Å². The van der Waals surface area contributed by atoms with Crippen LogP contribution in [0.25, 0.3) is 10.1 Å².